The maximum Gasteiger partial charge on any atom is 0.416 e. The zero-order valence-corrected chi connectivity index (χ0v) is 56.0. The number of nitrogens with zero attached hydrogens (tertiary/aromatic N) is 18. The number of benzene rings is 6. The predicted molar refractivity (Wildman–Crippen MR) is 365 cm³/mol. The number of ether oxygens (including phenoxy) is 4. The van der Waals surface area contributed by atoms with Crippen LogP contribution in [-0.2, 0) is 27.7 Å². The van der Waals surface area contributed by atoms with Crippen molar-refractivity contribution in [1.82, 2.24) is 74.0 Å². The minimum absolute atomic E-state index is 0.0749. The van der Waals surface area contributed by atoms with Crippen molar-refractivity contribution in [3.63, 3.8) is 0 Å². The Hall–Kier alpha value is -11.9. The van der Waals surface area contributed by atoms with Gasteiger partial charge >= 0.3 is 12.4 Å². The van der Waals surface area contributed by atoms with Crippen LogP contribution in [0.25, 0.3) is 66.9 Å². The van der Waals surface area contributed by atoms with Crippen molar-refractivity contribution >= 4 is 67.2 Å². The molecular formula is C70H66F8N18O6. The summed E-state index contributed by atoms with van der Waals surface area (Å²) in [4.78, 5) is 36.1. The maximum absolute atomic E-state index is 14.1. The van der Waals surface area contributed by atoms with Crippen molar-refractivity contribution in [2.45, 2.75) is 44.4 Å². The standard InChI is InChI=1S/C26H28N8O2.2C22H19F4N5O2/c1-18-28-17-30-34(18)9-5-8-33(21-10-22(35-3)13-23(11-21)36-4)20-6-7-24-25(12-20)31-26(15-27-24)19-14-29-32(2)16-19;2*1-30-11-13(9-28-30)20-10-27-18-4-3-15(8-19(18)29-20)31(12-21(32)22(24,25)26)16-5-14(23)6-17(7-16)33-2/h6-7,10-17H,5,8-9H2,1-4H3;2*3-11,21,32H,12H2,1-2H3/t;2*21-/m.10/s1. The molecule has 0 aliphatic carbocycles. The molecule has 13 rings (SSSR count). The van der Waals surface area contributed by atoms with Gasteiger partial charge < -0.3 is 43.9 Å². The number of hydrogen-bond acceptors (Lipinski definition) is 20. The highest BCUT2D eigenvalue weighted by molar-refractivity contribution is 5.85. The molecule has 6 aromatic carbocycles. The first-order valence-corrected chi connectivity index (χ1v) is 31.2. The van der Waals surface area contributed by atoms with E-state index in [0.717, 1.165) is 116 Å². The van der Waals surface area contributed by atoms with Crippen LogP contribution < -0.4 is 33.6 Å². The number of alkyl halides is 6. The van der Waals surface area contributed by atoms with Crippen LogP contribution in [0.2, 0.25) is 0 Å². The van der Waals surface area contributed by atoms with E-state index in [1.54, 1.807) is 110 Å². The van der Waals surface area contributed by atoms with Gasteiger partial charge in [0.25, 0.3) is 0 Å². The Morgan fingerprint density at radius 2 is 0.775 bits per heavy atom. The third-order valence-electron chi connectivity index (χ3n) is 16.0. The summed E-state index contributed by atoms with van der Waals surface area (Å²) in [6.45, 7) is 1.72. The van der Waals surface area contributed by atoms with E-state index in [0.29, 0.717) is 33.5 Å². The van der Waals surface area contributed by atoms with Gasteiger partial charge in [-0.25, -0.2) is 28.7 Å². The van der Waals surface area contributed by atoms with Gasteiger partial charge in [-0.05, 0) is 80.1 Å². The van der Waals surface area contributed by atoms with Crippen molar-refractivity contribution in [2.24, 2.45) is 21.1 Å². The molecule has 0 spiro atoms. The largest absolute Gasteiger partial charge is 0.497 e. The molecule has 0 saturated heterocycles. The van der Waals surface area contributed by atoms with E-state index in [9.17, 15) is 45.3 Å². The normalized spacial score (nSPS) is 12.1. The second-order valence-corrected chi connectivity index (χ2v) is 23.1. The molecular weight excluding hydrogens is 1340 g/mol. The minimum Gasteiger partial charge on any atom is -0.497 e. The van der Waals surface area contributed by atoms with Crippen molar-refractivity contribution < 1.29 is 64.3 Å². The molecule has 0 aliphatic rings. The Kier molecular flexibility index (Phi) is 21.5. The molecule has 13 aromatic rings. The number of aryl methyl sites for hydroxylation is 5. The molecule has 0 saturated carbocycles. The van der Waals surface area contributed by atoms with Crippen LogP contribution in [0, 0.1) is 18.6 Å². The van der Waals surface area contributed by atoms with Crippen molar-refractivity contribution in [2.75, 3.05) is 62.8 Å². The van der Waals surface area contributed by atoms with E-state index in [1.165, 1.54) is 50.6 Å². The van der Waals surface area contributed by atoms with E-state index < -0.39 is 49.3 Å². The first-order chi connectivity index (χ1) is 48.8. The second kappa shape index (κ2) is 30.7. The summed E-state index contributed by atoms with van der Waals surface area (Å²) < 4.78 is 135. The summed E-state index contributed by atoms with van der Waals surface area (Å²) in [5.41, 5.74) is 10.3. The Balaban J connectivity index is 0.000000154. The summed E-state index contributed by atoms with van der Waals surface area (Å²) in [6, 6.07) is 28.4. The molecule has 2 N–H and O–H groups in total. The molecule has 7 heterocycles. The molecule has 0 radical (unpaired) electrons. The lowest BCUT2D eigenvalue weighted by Crippen LogP contribution is -2.39. The lowest BCUT2D eigenvalue weighted by Gasteiger charge is -2.28. The fourth-order valence-corrected chi connectivity index (χ4v) is 10.8. The molecule has 32 heteroatoms. The highest BCUT2D eigenvalue weighted by Crippen LogP contribution is 2.38. The van der Waals surface area contributed by atoms with Gasteiger partial charge in [0.2, 0.25) is 0 Å². The number of aliphatic hydroxyl groups excluding tert-OH is 2. The maximum atomic E-state index is 14.1. The molecule has 0 aliphatic heterocycles. The lowest BCUT2D eigenvalue weighted by molar-refractivity contribution is -0.200. The molecule has 0 unspecified atom stereocenters. The molecule has 2 atom stereocenters. The molecule has 528 valence electrons. The van der Waals surface area contributed by atoms with Crippen molar-refractivity contribution in [1.29, 1.82) is 0 Å². The molecule has 0 amide bonds. The number of aliphatic hydroxyl groups is 2. The van der Waals surface area contributed by atoms with Gasteiger partial charge in [0.15, 0.2) is 12.2 Å². The number of fused-ring (bicyclic) bond motifs is 3. The van der Waals surface area contributed by atoms with Gasteiger partial charge in [-0.3, -0.25) is 33.7 Å². The summed E-state index contributed by atoms with van der Waals surface area (Å²) in [7, 11) is 11.3. The van der Waals surface area contributed by atoms with Crippen molar-refractivity contribution in [3.05, 3.63) is 189 Å². The Morgan fingerprint density at radius 3 is 1.10 bits per heavy atom. The van der Waals surface area contributed by atoms with Crippen LogP contribution in [0.3, 0.4) is 0 Å². The van der Waals surface area contributed by atoms with Crippen LogP contribution in [0.1, 0.15) is 12.2 Å². The zero-order valence-electron chi connectivity index (χ0n) is 56.0. The fourth-order valence-electron chi connectivity index (χ4n) is 10.8. The van der Waals surface area contributed by atoms with Gasteiger partial charge in [0, 0.05) is 146 Å². The summed E-state index contributed by atoms with van der Waals surface area (Å²) in [6.07, 6.45) is 2.76. The first-order valence-electron chi connectivity index (χ1n) is 31.2. The predicted octanol–water partition coefficient (Wildman–Crippen LogP) is 12.7. The monoisotopic (exact) mass is 1410 g/mol. The van der Waals surface area contributed by atoms with Crippen LogP contribution >= 0.6 is 0 Å². The fraction of sp³-hybridized carbons (Fsp3) is 0.243. The number of methoxy groups -OCH3 is 4. The molecule has 0 bridgehead atoms. The molecule has 0 fully saturated rings. The Labute approximate surface area is 577 Å². The number of halogens is 8. The van der Waals surface area contributed by atoms with Crippen LogP contribution in [0.5, 0.6) is 23.0 Å². The third-order valence-corrected chi connectivity index (χ3v) is 16.0. The number of anilines is 6. The summed E-state index contributed by atoms with van der Waals surface area (Å²) in [5, 5.41) is 36.3. The van der Waals surface area contributed by atoms with E-state index in [4.69, 9.17) is 23.9 Å². The smallest absolute Gasteiger partial charge is 0.416 e. The highest BCUT2D eigenvalue weighted by atomic mass is 19.4. The lowest BCUT2D eigenvalue weighted by atomic mass is 10.1. The van der Waals surface area contributed by atoms with E-state index in [-0.39, 0.29) is 34.2 Å². The average molecular weight is 1410 g/mol. The number of aromatic nitrogens is 15. The number of rotatable bonds is 21. The molecule has 7 aromatic heterocycles. The van der Waals surface area contributed by atoms with Crippen LogP contribution in [0.15, 0.2) is 171 Å². The third kappa shape index (κ3) is 17.2. The summed E-state index contributed by atoms with van der Waals surface area (Å²) in [5.74, 6) is 1.19. The van der Waals surface area contributed by atoms with Gasteiger partial charge in [0.05, 0.1) is 129 Å². The minimum atomic E-state index is -4.86. The van der Waals surface area contributed by atoms with Gasteiger partial charge in [0.1, 0.15) is 46.8 Å². The Morgan fingerprint density at radius 1 is 0.422 bits per heavy atom. The molecule has 102 heavy (non-hydrogen) atoms. The average Bonchev–Trinajstić information content (AvgIpc) is 1.06. The van der Waals surface area contributed by atoms with Crippen LogP contribution in [-0.4, -0.2) is 157 Å². The van der Waals surface area contributed by atoms with E-state index in [2.05, 4.69) is 67.3 Å². The topological polar surface area (TPSA) is 249 Å². The quantitative estimate of drug-likeness (QED) is 0.0635. The van der Waals surface area contributed by atoms with Gasteiger partial charge in [-0.1, -0.05) is 0 Å². The van der Waals surface area contributed by atoms with Gasteiger partial charge in [-0.2, -0.15) is 46.7 Å². The van der Waals surface area contributed by atoms with Crippen molar-refractivity contribution in [3.8, 4) is 56.8 Å². The first kappa shape index (κ1) is 71.4. The number of hydrogen-bond donors (Lipinski definition) is 2. The SMILES string of the molecule is COc1cc(F)cc(N(C[C@@H](O)C(F)(F)F)c2ccc3ncc(-c4cnn(C)c4)nc3c2)c1.COc1cc(F)cc(N(C[C@H](O)C(F)(F)F)c2ccc3ncc(-c4cnn(C)c4)nc3c2)c1.COc1cc(OC)cc(N(CCCn2ncnc2C)c2ccc3ncc(-c4cnn(C)c4)nc3c2)c1. The van der Waals surface area contributed by atoms with Gasteiger partial charge in [-0.15, -0.1) is 0 Å². The summed E-state index contributed by atoms with van der Waals surface area (Å²) >= 11 is 0. The zero-order chi connectivity index (χ0) is 72.6. The second-order valence-electron chi connectivity index (χ2n) is 23.1. The molecule has 24 nitrogen and oxygen atoms in total. The Bertz CT molecular complexity index is 4850. The van der Waals surface area contributed by atoms with E-state index >= 15 is 0 Å². The van der Waals surface area contributed by atoms with Crippen LogP contribution in [0.4, 0.5) is 69.2 Å². The van der Waals surface area contributed by atoms with E-state index in [1.807, 2.05) is 49.1 Å². The highest BCUT2D eigenvalue weighted by Gasteiger charge is 2.41.